The predicted octanol–water partition coefficient (Wildman–Crippen LogP) is 2.75. The van der Waals surface area contributed by atoms with Crippen molar-refractivity contribution >= 4 is 27.9 Å². The highest BCUT2D eigenvalue weighted by molar-refractivity contribution is 8.75. The average Bonchev–Trinajstić information content (AvgIpc) is 2.14. The number of hydrogen-bond donors (Lipinski definition) is 2. The molecule has 3 nitrogen and oxygen atoms in total. The Morgan fingerprint density at radius 2 is 2.08 bits per heavy atom. The molecule has 0 aliphatic carbocycles. The number of amides is 1. The maximum atomic E-state index is 10.1. The van der Waals surface area contributed by atoms with Gasteiger partial charge in [-0.3, -0.25) is 4.72 Å². The Hall–Kier alpha value is -0.810. The summed E-state index contributed by atoms with van der Waals surface area (Å²) in [6, 6.07) is 9.90. The van der Waals surface area contributed by atoms with E-state index in [1.165, 1.54) is 16.4 Å². The first-order valence-electron chi connectivity index (χ1n) is 3.60. The highest BCUT2D eigenvalue weighted by Crippen LogP contribution is 2.22. The Kier molecular flexibility index (Phi) is 4.56. The minimum atomic E-state index is -1.01. The van der Waals surface area contributed by atoms with Gasteiger partial charge < -0.3 is 5.11 Å². The van der Waals surface area contributed by atoms with Crippen molar-refractivity contribution in [2.24, 2.45) is 0 Å². The topological polar surface area (TPSA) is 49.3 Å². The fourth-order valence-electron chi connectivity index (χ4n) is 0.737. The lowest BCUT2D eigenvalue weighted by Gasteiger charge is -1.99. The van der Waals surface area contributed by atoms with Crippen LogP contribution in [0.15, 0.2) is 30.3 Å². The van der Waals surface area contributed by atoms with Crippen molar-refractivity contribution in [3.05, 3.63) is 35.9 Å². The molecule has 0 bridgehead atoms. The number of carbonyl (C=O) groups is 1. The Balaban J connectivity index is 2.17. The second-order valence-electron chi connectivity index (χ2n) is 2.24. The van der Waals surface area contributed by atoms with Gasteiger partial charge in [-0.25, -0.2) is 4.79 Å². The van der Waals surface area contributed by atoms with Gasteiger partial charge in [-0.15, -0.1) is 0 Å². The van der Waals surface area contributed by atoms with E-state index in [0.29, 0.717) is 0 Å². The molecular weight excluding hydrogens is 206 g/mol. The summed E-state index contributed by atoms with van der Waals surface area (Å²) in [7, 11) is 2.58. The molecule has 13 heavy (non-hydrogen) atoms. The maximum absolute atomic E-state index is 10.1. The summed E-state index contributed by atoms with van der Waals surface area (Å²) in [5.41, 5.74) is 1.19. The third-order valence-electron chi connectivity index (χ3n) is 1.26. The monoisotopic (exact) mass is 215 g/mol. The first kappa shape index (κ1) is 10.3. The molecule has 0 saturated carbocycles. The smallest absolute Gasteiger partial charge is 0.415 e. The summed E-state index contributed by atoms with van der Waals surface area (Å²) in [6.07, 6.45) is -1.01. The van der Waals surface area contributed by atoms with E-state index in [0.717, 1.165) is 16.7 Å². The van der Waals surface area contributed by atoms with E-state index < -0.39 is 6.09 Å². The normalized spacial score (nSPS) is 9.54. The lowest BCUT2D eigenvalue weighted by molar-refractivity contribution is 0.202. The van der Waals surface area contributed by atoms with E-state index in [-0.39, 0.29) is 0 Å². The minimum Gasteiger partial charge on any atom is -0.464 e. The molecule has 1 aromatic rings. The van der Waals surface area contributed by atoms with Crippen LogP contribution in [0.4, 0.5) is 4.79 Å². The van der Waals surface area contributed by atoms with Gasteiger partial charge in [-0.05, 0) is 5.56 Å². The number of benzene rings is 1. The molecule has 5 heteroatoms. The van der Waals surface area contributed by atoms with Crippen molar-refractivity contribution in [3.8, 4) is 0 Å². The van der Waals surface area contributed by atoms with Crippen LogP contribution in [0.3, 0.4) is 0 Å². The molecule has 0 saturated heterocycles. The van der Waals surface area contributed by atoms with Crippen LogP contribution < -0.4 is 4.72 Å². The molecule has 70 valence electrons. The summed E-state index contributed by atoms with van der Waals surface area (Å²) in [4.78, 5) is 10.1. The van der Waals surface area contributed by atoms with E-state index in [1.807, 2.05) is 30.3 Å². The van der Waals surface area contributed by atoms with Crippen molar-refractivity contribution in [1.29, 1.82) is 0 Å². The number of hydrogen-bond acceptors (Lipinski definition) is 3. The van der Waals surface area contributed by atoms with Gasteiger partial charge in [0.15, 0.2) is 0 Å². The van der Waals surface area contributed by atoms with Crippen molar-refractivity contribution in [2.75, 3.05) is 0 Å². The summed E-state index contributed by atoms with van der Waals surface area (Å²) >= 11 is 0. The minimum absolute atomic E-state index is 0.797. The van der Waals surface area contributed by atoms with E-state index >= 15 is 0 Å². The van der Waals surface area contributed by atoms with Crippen LogP contribution in [0.1, 0.15) is 5.56 Å². The summed E-state index contributed by atoms with van der Waals surface area (Å²) in [6.45, 7) is 0. The highest BCUT2D eigenvalue weighted by atomic mass is 33.1. The molecule has 0 fully saturated rings. The molecule has 0 aromatic heterocycles. The number of rotatable bonds is 4. The molecule has 0 heterocycles. The number of nitrogens with one attached hydrogen (secondary N) is 1. The average molecular weight is 215 g/mol. The van der Waals surface area contributed by atoms with Gasteiger partial charge in [0, 0.05) is 16.7 Å². The molecule has 0 radical (unpaired) electrons. The van der Waals surface area contributed by atoms with Gasteiger partial charge >= 0.3 is 6.09 Å². The Bertz CT molecular complexity index is 266. The van der Waals surface area contributed by atoms with E-state index in [2.05, 4.69) is 4.72 Å². The van der Waals surface area contributed by atoms with Gasteiger partial charge in [0.25, 0.3) is 0 Å². The molecule has 0 aliphatic heterocycles. The van der Waals surface area contributed by atoms with Gasteiger partial charge in [0.2, 0.25) is 0 Å². The second kappa shape index (κ2) is 5.77. The van der Waals surface area contributed by atoms with E-state index in [1.54, 1.807) is 0 Å². The van der Waals surface area contributed by atoms with Gasteiger partial charge in [-0.2, -0.15) is 0 Å². The fraction of sp³-hybridized carbons (Fsp3) is 0.125. The van der Waals surface area contributed by atoms with Crippen LogP contribution in [0.2, 0.25) is 0 Å². The number of carboxylic acid groups (broad SMARTS) is 1. The first-order valence-corrected chi connectivity index (χ1v) is 5.92. The molecule has 1 rings (SSSR count). The van der Waals surface area contributed by atoms with E-state index in [4.69, 9.17) is 5.11 Å². The van der Waals surface area contributed by atoms with Gasteiger partial charge in [-0.1, -0.05) is 41.1 Å². The fourth-order valence-corrected chi connectivity index (χ4v) is 2.23. The molecule has 0 unspecified atom stereocenters. The third-order valence-corrected chi connectivity index (χ3v) is 3.04. The maximum Gasteiger partial charge on any atom is 0.415 e. The SMILES string of the molecule is O=C(O)NSSCc1ccccc1. The van der Waals surface area contributed by atoms with Gasteiger partial charge in [0.05, 0.1) is 0 Å². The van der Waals surface area contributed by atoms with Crippen LogP contribution in [-0.2, 0) is 5.75 Å². The summed E-state index contributed by atoms with van der Waals surface area (Å²) in [5, 5.41) is 8.27. The van der Waals surface area contributed by atoms with Crippen molar-refractivity contribution in [2.45, 2.75) is 5.75 Å². The zero-order chi connectivity index (χ0) is 9.52. The van der Waals surface area contributed by atoms with Gasteiger partial charge in [0.1, 0.15) is 0 Å². The van der Waals surface area contributed by atoms with Crippen molar-refractivity contribution < 1.29 is 9.90 Å². The highest BCUT2D eigenvalue weighted by Gasteiger charge is 1.95. The largest absolute Gasteiger partial charge is 0.464 e. The molecule has 0 atom stereocenters. The summed E-state index contributed by atoms with van der Waals surface area (Å²) in [5.74, 6) is 0.797. The first-order chi connectivity index (χ1) is 6.29. The zero-order valence-corrected chi connectivity index (χ0v) is 8.40. The lowest BCUT2D eigenvalue weighted by Crippen LogP contribution is -2.09. The molecule has 1 amide bonds. The van der Waals surface area contributed by atoms with Crippen LogP contribution in [0, 0.1) is 0 Å². The Morgan fingerprint density at radius 3 is 2.69 bits per heavy atom. The predicted molar refractivity (Wildman–Crippen MR) is 56.5 cm³/mol. The molecule has 2 N–H and O–H groups in total. The zero-order valence-electron chi connectivity index (χ0n) is 6.77. The Labute approximate surface area is 84.4 Å². The molecule has 0 spiro atoms. The van der Waals surface area contributed by atoms with Crippen LogP contribution >= 0.6 is 21.8 Å². The van der Waals surface area contributed by atoms with E-state index in [9.17, 15) is 4.79 Å². The molecular formula is C8H9NO2S2. The van der Waals surface area contributed by atoms with Crippen LogP contribution in [0.25, 0.3) is 0 Å². The molecule has 0 aliphatic rings. The molecule has 1 aromatic carbocycles. The second-order valence-corrected chi connectivity index (χ2v) is 4.34. The van der Waals surface area contributed by atoms with Crippen molar-refractivity contribution in [3.63, 3.8) is 0 Å². The quantitative estimate of drug-likeness (QED) is 0.460. The van der Waals surface area contributed by atoms with Crippen LogP contribution in [-0.4, -0.2) is 11.2 Å². The summed E-state index contributed by atoms with van der Waals surface area (Å²) < 4.78 is 2.21. The van der Waals surface area contributed by atoms with Crippen LogP contribution in [0.5, 0.6) is 0 Å². The standard InChI is InChI=1S/C8H9NO2S2/c10-8(11)9-13-12-6-7-4-2-1-3-5-7/h1-5,9H,6H2,(H,10,11). The van der Waals surface area contributed by atoms with Crippen molar-refractivity contribution in [1.82, 2.24) is 4.72 Å². The lowest BCUT2D eigenvalue weighted by atomic mass is 10.2. The third kappa shape index (κ3) is 4.69. The Morgan fingerprint density at radius 1 is 1.38 bits per heavy atom.